The van der Waals surface area contributed by atoms with Crippen LogP contribution in [0.2, 0.25) is 5.02 Å². The van der Waals surface area contributed by atoms with Gasteiger partial charge in [-0.2, -0.15) is 0 Å². The van der Waals surface area contributed by atoms with Gasteiger partial charge in [-0.25, -0.2) is 0 Å². The second kappa shape index (κ2) is 8.64. The lowest BCUT2D eigenvalue weighted by Gasteiger charge is -2.16. The summed E-state index contributed by atoms with van der Waals surface area (Å²) in [6.45, 7) is 4.23. The molecular weight excluding hydrogens is 292 g/mol. The molecule has 0 spiro atoms. The van der Waals surface area contributed by atoms with Gasteiger partial charge in [-0.1, -0.05) is 37.6 Å². The third-order valence-corrected chi connectivity index (χ3v) is 3.23. The van der Waals surface area contributed by atoms with Gasteiger partial charge in [-0.3, -0.25) is 9.59 Å². The van der Waals surface area contributed by atoms with Crippen LogP contribution < -0.4 is 10.6 Å². The number of para-hydroxylation sites is 1. The molecule has 0 saturated carbocycles. The Labute approximate surface area is 129 Å². The van der Waals surface area contributed by atoms with Gasteiger partial charge in [0.05, 0.1) is 10.7 Å². The van der Waals surface area contributed by atoms with Crippen molar-refractivity contribution in [3.8, 4) is 0 Å². The van der Waals surface area contributed by atoms with E-state index in [0.717, 1.165) is 0 Å². The fourth-order valence-corrected chi connectivity index (χ4v) is 2.06. The van der Waals surface area contributed by atoms with E-state index < -0.39 is 12.0 Å². The quantitative estimate of drug-likeness (QED) is 0.689. The number of carbonyl (C=O) groups excluding carboxylic acids is 1. The molecule has 6 heteroatoms. The molecule has 116 valence electrons. The lowest BCUT2D eigenvalue weighted by Crippen LogP contribution is -2.39. The molecule has 1 aromatic rings. The molecule has 1 atom stereocenters. The number of aliphatic carboxylic acids is 1. The molecule has 0 aliphatic rings. The van der Waals surface area contributed by atoms with E-state index in [2.05, 4.69) is 10.6 Å². The molecule has 1 unspecified atom stereocenters. The summed E-state index contributed by atoms with van der Waals surface area (Å²) in [5, 5.41) is 15.1. The lowest BCUT2D eigenvalue weighted by atomic mass is 10.0. The van der Waals surface area contributed by atoms with Gasteiger partial charge >= 0.3 is 5.97 Å². The third-order valence-electron chi connectivity index (χ3n) is 2.90. The van der Waals surface area contributed by atoms with Crippen molar-refractivity contribution in [3.05, 3.63) is 29.3 Å². The van der Waals surface area contributed by atoms with Crippen molar-refractivity contribution >= 4 is 29.2 Å². The predicted octanol–water partition coefficient (Wildman–Crippen LogP) is 2.76. The maximum Gasteiger partial charge on any atom is 0.320 e. The predicted molar refractivity (Wildman–Crippen MR) is 83.6 cm³/mol. The average molecular weight is 313 g/mol. The normalized spacial score (nSPS) is 12.2. The van der Waals surface area contributed by atoms with Crippen molar-refractivity contribution in [3.63, 3.8) is 0 Å². The summed E-state index contributed by atoms with van der Waals surface area (Å²) in [5.74, 6) is -0.824. The van der Waals surface area contributed by atoms with Gasteiger partial charge in [0.25, 0.3) is 0 Å². The summed E-state index contributed by atoms with van der Waals surface area (Å²) in [7, 11) is 0. The van der Waals surface area contributed by atoms with Crippen LogP contribution in [-0.2, 0) is 9.59 Å². The summed E-state index contributed by atoms with van der Waals surface area (Å²) in [5.41, 5.74) is 0.557. The SMILES string of the molecule is CC(C)CC(NCCC(=O)Nc1ccccc1Cl)C(=O)O. The molecule has 21 heavy (non-hydrogen) atoms. The number of carboxylic acid groups (broad SMARTS) is 1. The highest BCUT2D eigenvalue weighted by molar-refractivity contribution is 6.33. The Morgan fingerprint density at radius 3 is 2.52 bits per heavy atom. The highest BCUT2D eigenvalue weighted by Gasteiger charge is 2.18. The molecule has 5 nitrogen and oxygen atoms in total. The summed E-state index contributed by atoms with van der Waals surface area (Å²) in [6, 6.07) is 6.34. The number of nitrogens with one attached hydrogen (secondary N) is 2. The van der Waals surface area contributed by atoms with Crippen LogP contribution in [0.4, 0.5) is 5.69 Å². The molecule has 1 rings (SSSR count). The summed E-state index contributed by atoms with van der Waals surface area (Å²) >= 11 is 5.94. The molecule has 0 heterocycles. The molecule has 0 aromatic heterocycles. The van der Waals surface area contributed by atoms with Crippen molar-refractivity contribution < 1.29 is 14.7 Å². The molecule has 1 amide bonds. The minimum Gasteiger partial charge on any atom is -0.480 e. The first kappa shape index (κ1) is 17.5. The number of benzene rings is 1. The monoisotopic (exact) mass is 312 g/mol. The molecule has 0 bridgehead atoms. The van der Waals surface area contributed by atoms with Gasteiger partial charge in [0, 0.05) is 13.0 Å². The topological polar surface area (TPSA) is 78.4 Å². The summed E-state index contributed by atoms with van der Waals surface area (Å²) in [4.78, 5) is 22.8. The Kier molecular flexibility index (Phi) is 7.19. The maximum atomic E-state index is 11.8. The van der Waals surface area contributed by atoms with E-state index in [1.165, 1.54) is 0 Å². The zero-order valence-electron chi connectivity index (χ0n) is 12.2. The number of rotatable bonds is 8. The molecule has 0 fully saturated rings. The Bertz CT molecular complexity index is 492. The highest BCUT2D eigenvalue weighted by Crippen LogP contribution is 2.20. The first-order valence-electron chi connectivity index (χ1n) is 6.90. The average Bonchev–Trinajstić information content (AvgIpc) is 2.39. The number of hydrogen-bond acceptors (Lipinski definition) is 3. The fourth-order valence-electron chi connectivity index (χ4n) is 1.88. The second-order valence-corrected chi connectivity index (χ2v) is 5.66. The van der Waals surface area contributed by atoms with E-state index in [1.807, 2.05) is 13.8 Å². The molecule has 0 aliphatic heterocycles. The second-order valence-electron chi connectivity index (χ2n) is 5.25. The van der Waals surface area contributed by atoms with Crippen molar-refractivity contribution in [1.29, 1.82) is 0 Å². The Morgan fingerprint density at radius 1 is 1.29 bits per heavy atom. The number of carbonyl (C=O) groups is 2. The number of anilines is 1. The van der Waals surface area contributed by atoms with Crippen molar-refractivity contribution in [2.45, 2.75) is 32.7 Å². The van der Waals surface area contributed by atoms with Gasteiger partial charge in [0.1, 0.15) is 6.04 Å². The van der Waals surface area contributed by atoms with Gasteiger partial charge < -0.3 is 15.7 Å². The minimum atomic E-state index is -0.893. The zero-order valence-corrected chi connectivity index (χ0v) is 13.0. The summed E-state index contributed by atoms with van der Waals surface area (Å²) < 4.78 is 0. The van der Waals surface area contributed by atoms with E-state index in [0.29, 0.717) is 23.7 Å². The fraction of sp³-hybridized carbons (Fsp3) is 0.467. The van der Waals surface area contributed by atoms with E-state index in [-0.39, 0.29) is 18.2 Å². The Morgan fingerprint density at radius 2 is 1.95 bits per heavy atom. The number of hydrogen-bond donors (Lipinski definition) is 3. The van der Waals surface area contributed by atoms with Crippen LogP contribution in [0.3, 0.4) is 0 Å². The molecule has 0 saturated heterocycles. The van der Waals surface area contributed by atoms with Crippen LogP contribution in [0.15, 0.2) is 24.3 Å². The largest absolute Gasteiger partial charge is 0.480 e. The first-order valence-corrected chi connectivity index (χ1v) is 7.28. The van der Waals surface area contributed by atoms with Gasteiger partial charge in [0.15, 0.2) is 0 Å². The zero-order chi connectivity index (χ0) is 15.8. The molecule has 1 aromatic carbocycles. The Balaban J connectivity index is 2.39. The van der Waals surface area contributed by atoms with E-state index in [4.69, 9.17) is 16.7 Å². The summed E-state index contributed by atoms with van der Waals surface area (Å²) in [6.07, 6.45) is 0.717. The maximum absolute atomic E-state index is 11.8. The van der Waals surface area contributed by atoms with Crippen molar-refractivity contribution in [1.82, 2.24) is 5.32 Å². The van der Waals surface area contributed by atoms with Crippen LogP contribution in [0.1, 0.15) is 26.7 Å². The van der Waals surface area contributed by atoms with E-state index >= 15 is 0 Å². The van der Waals surface area contributed by atoms with Crippen LogP contribution in [-0.4, -0.2) is 29.6 Å². The molecule has 0 radical (unpaired) electrons. The number of halogens is 1. The van der Waals surface area contributed by atoms with Gasteiger partial charge in [-0.15, -0.1) is 0 Å². The van der Waals surface area contributed by atoms with E-state index in [1.54, 1.807) is 24.3 Å². The Hall–Kier alpha value is -1.59. The first-order chi connectivity index (χ1) is 9.90. The van der Waals surface area contributed by atoms with Crippen molar-refractivity contribution in [2.75, 3.05) is 11.9 Å². The highest BCUT2D eigenvalue weighted by atomic mass is 35.5. The number of amides is 1. The molecule has 0 aliphatic carbocycles. The van der Waals surface area contributed by atoms with Gasteiger partial charge in [0.2, 0.25) is 5.91 Å². The standard InChI is InChI=1S/C15H21ClN2O3/c1-10(2)9-13(15(20)21)17-8-7-14(19)18-12-6-4-3-5-11(12)16/h3-6,10,13,17H,7-9H2,1-2H3,(H,18,19)(H,20,21). The van der Waals surface area contributed by atoms with Crippen LogP contribution in [0, 0.1) is 5.92 Å². The van der Waals surface area contributed by atoms with Crippen LogP contribution in [0.5, 0.6) is 0 Å². The van der Waals surface area contributed by atoms with Crippen molar-refractivity contribution in [2.24, 2.45) is 5.92 Å². The number of carboxylic acids is 1. The van der Waals surface area contributed by atoms with Gasteiger partial charge in [-0.05, 0) is 24.5 Å². The third kappa shape index (κ3) is 6.60. The molecule has 3 N–H and O–H groups in total. The molecular formula is C15H21ClN2O3. The lowest BCUT2D eigenvalue weighted by molar-refractivity contribution is -0.140. The minimum absolute atomic E-state index is 0.188. The van der Waals surface area contributed by atoms with Crippen LogP contribution >= 0.6 is 11.6 Å². The van der Waals surface area contributed by atoms with E-state index in [9.17, 15) is 9.59 Å². The smallest absolute Gasteiger partial charge is 0.320 e. The van der Waals surface area contributed by atoms with Crippen LogP contribution in [0.25, 0.3) is 0 Å².